The first-order chi connectivity index (χ1) is 18.3. The molecule has 3 aromatic carbocycles. The number of Topliss-reactive ketones (excluding diaryl/α,β-unsaturated/α-hetero) is 1. The highest BCUT2D eigenvalue weighted by atomic mass is 19.1. The average molecular weight is 526 g/mol. The van der Waals surface area contributed by atoms with Gasteiger partial charge in [0.2, 0.25) is 0 Å². The van der Waals surface area contributed by atoms with Crippen molar-refractivity contribution >= 4 is 23.1 Å². The third kappa shape index (κ3) is 4.49. The van der Waals surface area contributed by atoms with Crippen LogP contribution >= 0.6 is 0 Å². The molecule has 1 saturated heterocycles. The van der Waals surface area contributed by atoms with Gasteiger partial charge in [-0.3, -0.25) is 14.5 Å². The quantitative estimate of drug-likeness (QED) is 0.251. The molecule has 1 aliphatic rings. The molecule has 0 radical (unpaired) electrons. The molecule has 1 N–H and O–H groups in total. The van der Waals surface area contributed by atoms with Gasteiger partial charge in [-0.05, 0) is 48.9 Å². The second-order valence-corrected chi connectivity index (χ2v) is 8.15. The molecule has 1 aliphatic heterocycles. The summed E-state index contributed by atoms with van der Waals surface area (Å²) >= 11 is 0. The number of hydrogen-bond donors (Lipinski definition) is 1. The van der Waals surface area contributed by atoms with Gasteiger partial charge in [0, 0.05) is 6.07 Å². The van der Waals surface area contributed by atoms with Crippen molar-refractivity contribution < 1.29 is 42.4 Å². The molecule has 1 atom stereocenters. The summed E-state index contributed by atoms with van der Waals surface area (Å²) in [6.07, 6.45) is 0. The molecule has 4 rings (SSSR count). The molecule has 0 saturated carbocycles. The lowest BCUT2D eigenvalue weighted by Gasteiger charge is -2.26. The van der Waals surface area contributed by atoms with Crippen molar-refractivity contribution in [2.45, 2.75) is 13.0 Å². The first kappa shape index (κ1) is 26.5. The van der Waals surface area contributed by atoms with E-state index in [1.165, 1.54) is 45.6 Å². The van der Waals surface area contributed by atoms with E-state index >= 15 is 0 Å². The number of aliphatic hydroxyl groups excluding tert-OH is 1. The zero-order valence-corrected chi connectivity index (χ0v) is 21.1. The van der Waals surface area contributed by atoms with Crippen LogP contribution in [0.3, 0.4) is 0 Å². The Kier molecular flexibility index (Phi) is 7.52. The number of halogens is 2. The molecule has 1 fully saturated rings. The molecule has 0 spiro atoms. The van der Waals surface area contributed by atoms with E-state index in [0.29, 0.717) is 5.75 Å². The van der Waals surface area contributed by atoms with E-state index in [9.17, 15) is 23.5 Å². The summed E-state index contributed by atoms with van der Waals surface area (Å²) in [5.41, 5.74) is -0.572. The largest absolute Gasteiger partial charge is 0.506 e. The average Bonchev–Trinajstić information content (AvgIpc) is 3.19. The van der Waals surface area contributed by atoms with Crippen LogP contribution in [-0.2, 0) is 9.59 Å². The summed E-state index contributed by atoms with van der Waals surface area (Å²) in [4.78, 5) is 27.6. The zero-order chi connectivity index (χ0) is 27.6. The fourth-order valence-corrected chi connectivity index (χ4v) is 4.42. The Morgan fingerprint density at radius 1 is 0.895 bits per heavy atom. The number of hydrogen-bond acceptors (Lipinski definition) is 7. The van der Waals surface area contributed by atoms with Crippen LogP contribution in [0.4, 0.5) is 14.5 Å². The van der Waals surface area contributed by atoms with Crippen LogP contribution in [0.2, 0.25) is 0 Å². The van der Waals surface area contributed by atoms with Crippen LogP contribution in [0, 0.1) is 11.6 Å². The van der Waals surface area contributed by atoms with Gasteiger partial charge in [0.15, 0.2) is 11.5 Å². The Morgan fingerprint density at radius 2 is 1.55 bits per heavy atom. The number of ether oxygens (including phenoxy) is 4. The fourth-order valence-electron chi connectivity index (χ4n) is 4.42. The number of amides is 1. The highest BCUT2D eigenvalue weighted by Crippen LogP contribution is 2.47. The normalized spacial score (nSPS) is 16.5. The van der Waals surface area contributed by atoms with Crippen LogP contribution < -0.4 is 23.8 Å². The van der Waals surface area contributed by atoms with E-state index in [0.717, 1.165) is 23.1 Å². The van der Waals surface area contributed by atoms with E-state index in [2.05, 4.69) is 0 Å². The monoisotopic (exact) mass is 525 g/mol. The minimum atomic E-state index is -1.37. The maximum atomic E-state index is 15.0. The van der Waals surface area contributed by atoms with Crippen molar-refractivity contribution in [3.05, 3.63) is 82.9 Å². The highest BCUT2D eigenvalue weighted by molar-refractivity contribution is 6.51. The lowest BCUT2D eigenvalue weighted by molar-refractivity contribution is -0.132. The first-order valence-electron chi connectivity index (χ1n) is 11.5. The van der Waals surface area contributed by atoms with E-state index in [4.69, 9.17) is 18.9 Å². The minimum Gasteiger partial charge on any atom is -0.506 e. The third-order valence-electron chi connectivity index (χ3n) is 6.08. The molecule has 8 nitrogen and oxygen atoms in total. The molecule has 0 bridgehead atoms. The summed E-state index contributed by atoms with van der Waals surface area (Å²) in [5, 5.41) is 11.5. The van der Waals surface area contributed by atoms with Gasteiger partial charge >= 0.3 is 0 Å². The van der Waals surface area contributed by atoms with E-state index in [-0.39, 0.29) is 40.6 Å². The summed E-state index contributed by atoms with van der Waals surface area (Å²) in [5.74, 6) is -3.67. The van der Waals surface area contributed by atoms with Crippen molar-refractivity contribution in [2.75, 3.05) is 32.8 Å². The summed E-state index contributed by atoms with van der Waals surface area (Å²) < 4.78 is 50.9. The van der Waals surface area contributed by atoms with Crippen molar-refractivity contribution in [1.82, 2.24) is 0 Å². The second kappa shape index (κ2) is 10.8. The van der Waals surface area contributed by atoms with Crippen LogP contribution in [-0.4, -0.2) is 44.7 Å². The van der Waals surface area contributed by atoms with Crippen LogP contribution in [0.15, 0.2) is 60.2 Å². The SMILES string of the molecule is CCOc1cc(C2/C(=C(\O)c3c(OC)cccc3OC)C(=O)C(=O)N2c2cc(F)ccc2F)ccc1OC. The topological polar surface area (TPSA) is 94.5 Å². The smallest absolute Gasteiger partial charge is 0.300 e. The second-order valence-electron chi connectivity index (χ2n) is 8.15. The van der Waals surface area contributed by atoms with Crippen molar-refractivity contribution in [3.8, 4) is 23.0 Å². The first-order valence-corrected chi connectivity index (χ1v) is 11.5. The number of methoxy groups -OCH3 is 3. The molecule has 0 aliphatic carbocycles. The lowest BCUT2D eigenvalue weighted by atomic mass is 9.94. The summed E-state index contributed by atoms with van der Waals surface area (Å²) in [6, 6.07) is 10.5. The number of anilines is 1. The van der Waals surface area contributed by atoms with Gasteiger partial charge in [-0.15, -0.1) is 0 Å². The molecule has 198 valence electrons. The molecule has 10 heteroatoms. The Hall–Kier alpha value is -4.60. The van der Waals surface area contributed by atoms with Gasteiger partial charge in [-0.2, -0.15) is 0 Å². The van der Waals surface area contributed by atoms with Gasteiger partial charge in [0.05, 0.1) is 45.2 Å². The Bertz CT molecular complexity index is 1410. The number of aliphatic hydroxyl groups is 1. The standard InChI is InChI=1S/C28H25F2NO7/c1-5-38-22-13-15(9-12-19(22)35-2)25-24(26(32)23-20(36-3)7-6-8-21(23)37-4)27(33)28(34)31(25)18-14-16(29)10-11-17(18)30/h6-14,25,32H,5H2,1-4H3/b26-24+. The maximum absolute atomic E-state index is 15.0. The molecular weight excluding hydrogens is 500 g/mol. The van der Waals surface area contributed by atoms with Crippen LogP contribution in [0.25, 0.3) is 5.76 Å². The third-order valence-corrected chi connectivity index (χ3v) is 6.08. The van der Waals surface area contributed by atoms with E-state index < -0.39 is 40.8 Å². The summed E-state index contributed by atoms with van der Waals surface area (Å²) in [7, 11) is 4.17. The van der Waals surface area contributed by atoms with Crippen molar-refractivity contribution in [2.24, 2.45) is 0 Å². The van der Waals surface area contributed by atoms with Crippen LogP contribution in [0.1, 0.15) is 24.1 Å². The Labute approximate surface area is 217 Å². The van der Waals surface area contributed by atoms with Crippen molar-refractivity contribution in [1.29, 1.82) is 0 Å². The number of benzene rings is 3. The highest BCUT2D eigenvalue weighted by Gasteiger charge is 2.48. The molecule has 38 heavy (non-hydrogen) atoms. The number of rotatable bonds is 8. The predicted octanol–water partition coefficient (Wildman–Crippen LogP) is 5.02. The van der Waals surface area contributed by atoms with Gasteiger partial charge in [-0.25, -0.2) is 8.78 Å². The number of nitrogens with zero attached hydrogens (tertiary/aromatic N) is 1. The van der Waals surface area contributed by atoms with Crippen LogP contribution in [0.5, 0.6) is 23.0 Å². The molecule has 1 heterocycles. The van der Waals surface area contributed by atoms with Gasteiger partial charge in [0.1, 0.15) is 34.5 Å². The number of ketones is 1. The van der Waals surface area contributed by atoms with E-state index in [1.807, 2.05) is 0 Å². The zero-order valence-electron chi connectivity index (χ0n) is 21.1. The minimum absolute atomic E-state index is 0.0127. The Balaban J connectivity index is 2.06. The number of carbonyl (C=O) groups is 2. The molecule has 3 aromatic rings. The van der Waals surface area contributed by atoms with E-state index in [1.54, 1.807) is 19.1 Å². The summed E-state index contributed by atoms with van der Waals surface area (Å²) in [6.45, 7) is 2.03. The van der Waals surface area contributed by atoms with Gasteiger partial charge in [0.25, 0.3) is 11.7 Å². The van der Waals surface area contributed by atoms with Crippen molar-refractivity contribution in [3.63, 3.8) is 0 Å². The molecule has 1 unspecified atom stereocenters. The Morgan fingerprint density at radius 3 is 2.16 bits per heavy atom. The lowest BCUT2D eigenvalue weighted by Crippen LogP contribution is -2.30. The molecule has 0 aromatic heterocycles. The predicted molar refractivity (Wildman–Crippen MR) is 135 cm³/mol. The van der Waals surface area contributed by atoms with Gasteiger partial charge in [-0.1, -0.05) is 12.1 Å². The fraction of sp³-hybridized carbons (Fsp3) is 0.214. The van der Waals surface area contributed by atoms with Gasteiger partial charge < -0.3 is 24.1 Å². The maximum Gasteiger partial charge on any atom is 0.300 e. The molecular formula is C28H25F2NO7. The molecule has 1 amide bonds. The number of carbonyl (C=O) groups excluding carboxylic acids is 2.